The van der Waals surface area contributed by atoms with Gasteiger partial charge >= 0.3 is 6.18 Å². The number of rotatable bonds is 8. The minimum atomic E-state index is -4.35. The molecule has 0 fully saturated rings. The molecule has 1 rings (SSSR count). The molecule has 0 saturated carbocycles. The highest BCUT2D eigenvalue weighted by molar-refractivity contribution is 14.0. The predicted molar refractivity (Wildman–Crippen MR) is 114 cm³/mol. The molecular weight excluding hydrogens is 494 g/mol. The summed E-state index contributed by atoms with van der Waals surface area (Å²) in [6.45, 7) is 5.02. The van der Waals surface area contributed by atoms with Crippen molar-refractivity contribution in [3.8, 4) is 0 Å². The van der Waals surface area contributed by atoms with E-state index < -0.39 is 21.6 Å². The Morgan fingerprint density at radius 2 is 1.93 bits per heavy atom. The van der Waals surface area contributed by atoms with Gasteiger partial charge in [-0.25, -0.2) is 8.42 Å². The maximum atomic E-state index is 12.8. The van der Waals surface area contributed by atoms with Crippen LogP contribution in [-0.4, -0.2) is 46.0 Å². The summed E-state index contributed by atoms with van der Waals surface area (Å²) < 4.78 is 60.7. The predicted octanol–water partition coefficient (Wildman–Crippen LogP) is 3.42. The van der Waals surface area contributed by atoms with Crippen molar-refractivity contribution in [2.75, 3.05) is 31.6 Å². The van der Waals surface area contributed by atoms with Gasteiger partial charge in [0.2, 0.25) is 0 Å². The highest BCUT2D eigenvalue weighted by Gasteiger charge is 2.30. The molecule has 1 unspecified atom stereocenters. The van der Waals surface area contributed by atoms with Crippen molar-refractivity contribution in [3.63, 3.8) is 0 Å². The van der Waals surface area contributed by atoms with Crippen LogP contribution in [0.25, 0.3) is 0 Å². The Kier molecular flexibility index (Phi) is 11.3. The van der Waals surface area contributed by atoms with Crippen LogP contribution in [0.1, 0.15) is 37.3 Å². The van der Waals surface area contributed by atoms with E-state index in [-0.39, 0.29) is 42.2 Å². The third-order valence-electron chi connectivity index (χ3n) is 3.72. The number of halogens is 4. The van der Waals surface area contributed by atoms with Gasteiger partial charge in [0, 0.05) is 25.9 Å². The maximum absolute atomic E-state index is 12.8. The molecule has 1 aromatic carbocycles. The smallest absolute Gasteiger partial charge is 0.357 e. The van der Waals surface area contributed by atoms with E-state index in [1.54, 1.807) is 6.07 Å². The molecule has 1 atom stereocenters. The van der Waals surface area contributed by atoms with E-state index in [4.69, 9.17) is 0 Å². The molecule has 0 amide bonds. The lowest BCUT2D eigenvalue weighted by atomic mass is 9.96. The molecule has 0 heterocycles. The average Bonchev–Trinajstić information content (AvgIpc) is 2.53. The molecule has 0 spiro atoms. The Bertz CT molecular complexity index is 710. The summed E-state index contributed by atoms with van der Waals surface area (Å²) in [5.74, 6) is 0.408. The van der Waals surface area contributed by atoms with Gasteiger partial charge in [-0.2, -0.15) is 13.2 Å². The summed E-state index contributed by atoms with van der Waals surface area (Å²) in [6.07, 6.45) is -2.62. The molecule has 0 saturated heterocycles. The summed E-state index contributed by atoms with van der Waals surface area (Å²) in [6, 6.07) is 5.32. The van der Waals surface area contributed by atoms with Crippen molar-refractivity contribution >= 4 is 39.8 Å². The topological polar surface area (TPSA) is 70.6 Å². The third kappa shape index (κ3) is 10.8. The van der Waals surface area contributed by atoms with Crippen molar-refractivity contribution in [1.82, 2.24) is 10.6 Å². The van der Waals surface area contributed by atoms with Gasteiger partial charge in [-0.3, -0.25) is 4.99 Å². The first-order chi connectivity index (χ1) is 12.0. The SMILES string of the molecule is CCNC(=NCCC(C)c1cccc(C(F)(F)F)c1)NCCS(C)(=O)=O.I. The van der Waals surface area contributed by atoms with Crippen LogP contribution in [0.5, 0.6) is 0 Å². The zero-order valence-electron chi connectivity index (χ0n) is 15.6. The van der Waals surface area contributed by atoms with Gasteiger partial charge in [0.15, 0.2) is 5.96 Å². The van der Waals surface area contributed by atoms with E-state index in [0.717, 1.165) is 12.3 Å². The standard InChI is InChI=1S/C17H26F3N3O2S.HI/c1-4-21-16(23-10-11-26(3,24)25)22-9-8-13(2)14-6-5-7-15(12-14)17(18,19)20;/h5-7,12-13H,4,8-11H2,1-3H3,(H2,21,22,23);1H. The number of hydrogen-bond donors (Lipinski definition) is 2. The Labute approximate surface area is 176 Å². The fourth-order valence-corrected chi connectivity index (χ4v) is 2.73. The van der Waals surface area contributed by atoms with Crippen LogP contribution in [0.3, 0.4) is 0 Å². The summed E-state index contributed by atoms with van der Waals surface area (Å²) in [5.41, 5.74) is -0.0359. The van der Waals surface area contributed by atoms with Crippen molar-refractivity contribution in [1.29, 1.82) is 0 Å². The lowest BCUT2D eigenvalue weighted by Crippen LogP contribution is -2.39. The van der Waals surface area contributed by atoms with Gasteiger partial charge in [0.1, 0.15) is 9.84 Å². The lowest BCUT2D eigenvalue weighted by Gasteiger charge is -2.14. The first-order valence-electron chi connectivity index (χ1n) is 8.40. The number of sulfone groups is 1. The van der Waals surface area contributed by atoms with Gasteiger partial charge in [0.05, 0.1) is 11.3 Å². The zero-order valence-corrected chi connectivity index (χ0v) is 18.8. The van der Waals surface area contributed by atoms with Gasteiger partial charge in [-0.15, -0.1) is 24.0 Å². The number of guanidine groups is 1. The van der Waals surface area contributed by atoms with E-state index >= 15 is 0 Å². The van der Waals surface area contributed by atoms with Gasteiger partial charge in [-0.1, -0.05) is 25.1 Å². The monoisotopic (exact) mass is 521 g/mol. The van der Waals surface area contributed by atoms with E-state index in [1.165, 1.54) is 12.1 Å². The van der Waals surface area contributed by atoms with Crippen LogP contribution >= 0.6 is 24.0 Å². The minimum absolute atomic E-state index is 0. The molecule has 5 nitrogen and oxygen atoms in total. The van der Waals surface area contributed by atoms with Crippen molar-refractivity contribution < 1.29 is 21.6 Å². The number of nitrogens with zero attached hydrogens (tertiary/aromatic N) is 1. The highest BCUT2D eigenvalue weighted by Crippen LogP contribution is 2.31. The number of benzene rings is 1. The quantitative estimate of drug-likeness (QED) is 0.313. The average molecular weight is 521 g/mol. The fraction of sp³-hybridized carbons (Fsp3) is 0.588. The van der Waals surface area contributed by atoms with Crippen LogP contribution < -0.4 is 10.6 Å². The van der Waals surface area contributed by atoms with Crippen LogP contribution in [-0.2, 0) is 16.0 Å². The molecule has 0 aliphatic heterocycles. The molecule has 0 bridgehead atoms. The fourth-order valence-electron chi connectivity index (χ4n) is 2.25. The Morgan fingerprint density at radius 1 is 1.26 bits per heavy atom. The first-order valence-corrected chi connectivity index (χ1v) is 10.5. The van der Waals surface area contributed by atoms with E-state index in [9.17, 15) is 21.6 Å². The molecule has 10 heteroatoms. The van der Waals surface area contributed by atoms with Crippen LogP contribution in [0.15, 0.2) is 29.3 Å². The molecule has 0 aliphatic rings. The molecule has 1 aromatic rings. The summed E-state index contributed by atoms with van der Waals surface area (Å²) in [5, 5.41) is 5.94. The minimum Gasteiger partial charge on any atom is -0.357 e. The second-order valence-corrected chi connectivity index (χ2v) is 8.39. The highest BCUT2D eigenvalue weighted by atomic mass is 127. The van der Waals surface area contributed by atoms with E-state index in [2.05, 4.69) is 15.6 Å². The second-order valence-electron chi connectivity index (χ2n) is 6.13. The van der Waals surface area contributed by atoms with E-state index in [1.807, 2.05) is 13.8 Å². The Balaban J connectivity index is 0.00000676. The molecule has 0 aliphatic carbocycles. The second kappa shape index (κ2) is 11.7. The molecule has 27 heavy (non-hydrogen) atoms. The molecule has 2 N–H and O–H groups in total. The Hall–Kier alpha value is -1.04. The maximum Gasteiger partial charge on any atom is 0.416 e. The molecule has 0 radical (unpaired) electrons. The zero-order chi connectivity index (χ0) is 19.8. The summed E-state index contributed by atoms with van der Waals surface area (Å²) >= 11 is 0. The summed E-state index contributed by atoms with van der Waals surface area (Å²) in [4.78, 5) is 4.35. The van der Waals surface area contributed by atoms with E-state index in [0.29, 0.717) is 31.0 Å². The van der Waals surface area contributed by atoms with Crippen LogP contribution in [0, 0.1) is 0 Å². The van der Waals surface area contributed by atoms with Crippen LogP contribution in [0.2, 0.25) is 0 Å². The third-order valence-corrected chi connectivity index (χ3v) is 4.67. The number of alkyl halides is 3. The van der Waals surface area contributed by atoms with Crippen molar-refractivity contribution in [2.24, 2.45) is 4.99 Å². The number of hydrogen-bond acceptors (Lipinski definition) is 3. The largest absolute Gasteiger partial charge is 0.416 e. The normalized spacial score (nSPS) is 13.6. The first kappa shape index (κ1) is 26.0. The number of nitrogens with one attached hydrogen (secondary N) is 2. The molecule has 156 valence electrons. The van der Waals surface area contributed by atoms with Crippen LogP contribution in [0.4, 0.5) is 13.2 Å². The lowest BCUT2D eigenvalue weighted by molar-refractivity contribution is -0.137. The number of aliphatic imine (C=N–C) groups is 1. The van der Waals surface area contributed by atoms with Gasteiger partial charge in [0.25, 0.3) is 0 Å². The molecular formula is C17H27F3IN3O2S. The Morgan fingerprint density at radius 3 is 2.48 bits per heavy atom. The van der Waals surface area contributed by atoms with Gasteiger partial charge in [-0.05, 0) is 30.9 Å². The van der Waals surface area contributed by atoms with Crippen molar-refractivity contribution in [2.45, 2.75) is 32.4 Å². The molecule has 0 aromatic heterocycles. The summed E-state index contributed by atoms with van der Waals surface area (Å²) in [7, 11) is -3.06. The van der Waals surface area contributed by atoms with Crippen molar-refractivity contribution in [3.05, 3.63) is 35.4 Å². The van der Waals surface area contributed by atoms with Gasteiger partial charge < -0.3 is 10.6 Å².